The third-order valence-electron chi connectivity index (χ3n) is 3.88. The average Bonchev–Trinajstić information content (AvgIpc) is 3.30. The number of nitrogens with two attached hydrogens (primary N) is 1. The van der Waals surface area contributed by atoms with Crippen LogP contribution in [0.5, 0.6) is 0 Å². The third kappa shape index (κ3) is 2.79. The Morgan fingerprint density at radius 1 is 1.29 bits per heavy atom. The number of rotatable bonds is 2. The Hall–Kier alpha value is -3.33. The number of benzene rings is 1. The maximum absolute atomic E-state index is 12.1. The Morgan fingerprint density at radius 3 is 3.00 bits per heavy atom. The lowest BCUT2D eigenvalue weighted by molar-refractivity contribution is 0.0951. The number of fused-ring (bicyclic) bond motifs is 1. The van der Waals surface area contributed by atoms with Crippen molar-refractivity contribution in [1.29, 1.82) is 0 Å². The summed E-state index contributed by atoms with van der Waals surface area (Å²) >= 11 is 0. The molecule has 0 aliphatic heterocycles. The molecular formula is C18H15N5O. The summed E-state index contributed by atoms with van der Waals surface area (Å²) < 4.78 is 0. The third-order valence-corrected chi connectivity index (χ3v) is 3.88. The molecule has 1 amide bonds. The number of H-pyrrole nitrogens is 1. The molecule has 3 aromatic rings. The minimum absolute atomic E-state index is 0.0501. The van der Waals surface area contributed by atoms with Gasteiger partial charge in [-0.05, 0) is 31.0 Å². The molecule has 4 N–H and O–H groups in total. The maximum Gasteiger partial charge on any atom is 0.251 e. The van der Waals surface area contributed by atoms with E-state index < -0.39 is 0 Å². The number of nitrogen functional groups attached to an aromatic ring is 1. The van der Waals surface area contributed by atoms with Crippen LogP contribution in [0.1, 0.15) is 34.3 Å². The zero-order chi connectivity index (χ0) is 16.5. The molecule has 0 bridgehead atoms. The van der Waals surface area contributed by atoms with E-state index in [1.807, 2.05) is 12.1 Å². The Labute approximate surface area is 138 Å². The number of nitrogens with one attached hydrogen (secondary N) is 2. The molecule has 6 heteroatoms. The van der Waals surface area contributed by atoms with Crippen LogP contribution in [0.2, 0.25) is 0 Å². The number of carbonyl (C=O) groups is 1. The second-order valence-electron chi connectivity index (χ2n) is 5.76. The van der Waals surface area contributed by atoms with E-state index in [0.29, 0.717) is 28.5 Å². The zero-order valence-electron chi connectivity index (χ0n) is 12.8. The van der Waals surface area contributed by atoms with Crippen molar-refractivity contribution >= 4 is 22.8 Å². The molecule has 0 spiro atoms. The van der Waals surface area contributed by atoms with E-state index in [4.69, 9.17) is 5.73 Å². The molecule has 0 saturated heterocycles. The summed E-state index contributed by atoms with van der Waals surface area (Å²) in [5.41, 5.74) is 8.67. The normalized spacial score (nSPS) is 13.3. The number of amides is 1. The molecule has 6 nitrogen and oxygen atoms in total. The molecule has 24 heavy (non-hydrogen) atoms. The van der Waals surface area contributed by atoms with Gasteiger partial charge in [0.25, 0.3) is 5.91 Å². The van der Waals surface area contributed by atoms with Gasteiger partial charge in [0.1, 0.15) is 17.8 Å². The highest BCUT2D eigenvalue weighted by Gasteiger charge is 2.23. The largest absolute Gasteiger partial charge is 0.383 e. The summed E-state index contributed by atoms with van der Waals surface area (Å²) in [6, 6.07) is 7.62. The molecule has 4 rings (SSSR count). The Kier molecular flexibility index (Phi) is 3.39. The lowest BCUT2D eigenvalue weighted by atomic mass is 10.1. The van der Waals surface area contributed by atoms with Gasteiger partial charge in [-0.15, -0.1) is 0 Å². The van der Waals surface area contributed by atoms with Gasteiger partial charge in [0, 0.05) is 23.4 Å². The van der Waals surface area contributed by atoms with Crippen LogP contribution in [0.4, 0.5) is 5.82 Å². The summed E-state index contributed by atoms with van der Waals surface area (Å²) in [6.07, 6.45) is 5.30. The minimum atomic E-state index is -0.0501. The minimum Gasteiger partial charge on any atom is -0.383 e. The lowest BCUT2D eigenvalue weighted by Crippen LogP contribution is -2.25. The highest BCUT2D eigenvalue weighted by atomic mass is 16.1. The van der Waals surface area contributed by atoms with Crippen LogP contribution in [-0.4, -0.2) is 26.9 Å². The molecule has 1 saturated carbocycles. The Balaban J connectivity index is 1.63. The Morgan fingerprint density at radius 2 is 2.17 bits per heavy atom. The number of nitrogens with zero attached hydrogens (tertiary/aromatic N) is 2. The number of anilines is 1. The van der Waals surface area contributed by atoms with Crippen LogP contribution in [0.25, 0.3) is 11.0 Å². The van der Waals surface area contributed by atoms with Gasteiger partial charge in [-0.1, -0.05) is 17.9 Å². The van der Waals surface area contributed by atoms with Gasteiger partial charge >= 0.3 is 0 Å². The van der Waals surface area contributed by atoms with Gasteiger partial charge in [-0.2, -0.15) is 0 Å². The highest BCUT2D eigenvalue weighted by Crippen LogP contribution is 2.20. The Bertz CT molecular complexity index is 991. The van der Waals surface area contributed by atoms with E-state index in [2.05, 4.69) is 32.1 Å². The molecule has 1 fully saturated rings. The van der Waals surface area contributed by atoms with Crippen molar-refractivity contribution in [3.8, 4) is 11.8 Å². The SMILES string of the molecule is Nc1ncnc2[nH]cc(C#Cc3cccc(C(=O)NC4CC4)c3)c12. The van der Waals surface area contributed by atoms with Crippen LogP contribution >= 0.6 is 0 Å². The van der Waals surface area contributed by atoms with Crippen LogP contribution in [0, 0.1) is 11.8 Å². The first-order chi connectivity index (χ1) is 11.7. The van der Waals surface area contributed by atoms with Crippen LogP contribution in [0.3, 0.4) is 0 Å². The predicted molar refractivity (Wildman–Crippen MR) is 91.2 cm³/mol. The van der Waals surface area contributed by atoms with Crippen molar-refractivity contribution < 1.29 is 4.79 Å². The molecule has 1 aliphatic rings. The predicted octanol–water partition coefficient (Wildman–Crippen LogP) is 1.83. The fraction of sp³-hybridized carbons (Fsp3) is 0.167. The zero-order valence-corrected chi connectivity index (χ0v) is 12.8. The topological polar surface area (TPSA) is 96.7 Å². The number of hydrogen-bond donors (Lipinski definition) is 3. The molecular weight excluding hydrogens is 302 g/mol. The summed E-state index contributed by atoms with van der Waals surface area (Å²) in [7, 11) is 0. The van der Waals surface area contributed by atoms with Crippen LogP contribution < -0.4 is 11.1 Å². The van der Waals surface area contributed by atoms with Gasteiger partial charge < -0.3 is 16.0 Å². The number of aromatic nitrogens is 3. The van der Waals surface area contributed by atoms with Crippen molar-refractivity contribution in [3.05, 3.63) is 53.5 Å². The van der Waals surface area contributed by atoms with Crippen molar-refractivity contribution in [2.75, 3.05) is 5.73 Å². The lowest BCUT2D eigenvalue weighted by Gasteiger charge is -2.03. The van der Waals surface area contributed by atoms with Gasteiger partial charge in [0.15, 0.2) is 0 Å². The quantitative estimate of drug-likeness (QED) is 0.628. The maximum atomic E-state index is 12.1. The summed E-state index contributed by atoms with van der Waals surface area (Å²) in [5, 5.41) is 3.69. The molecule has 1 aromatic carbocycles. The van der Waals surface area contributed by atoms with Crippen molar-refractivity contribution in [2.45, 2.75) is 18.9 Å². The second kappa shape index (κ2) is 5.70. The van der Waals surface area contributed by atoms with E-state index in [9.17, 15) is 4.79 Å². The van der Waals surface area contributed by atoms with Gasteiger partial charge in [-0.3, -0.25) is 4.79 Å². The highest BCUT2D eigenvalue weighted by molar-refractivity contribution is 5.95. The molecule has 2 heterocycles. The standard InChI is InChI=1S/C18H15N5O/c19-16-15-13(9-20-17(15)22-10-21-16)5-4-11-2-1-3-12(8-11)18(24)23-14-6-7-14/h1-3,8-10,14H,6-7H2,(H,23,24)(H3,19,20,21,22). The van der Waals surface area contributed by atoms with Crippen molar-refractivity contribution in [2.24, 2.45) is 0 Å². The van der Waals surface area contributed by atoms with E-state index in [1.165, 1.54) is 6.33 Å². The first kappa shape index (κ1) is 14.3. The van der Waals surface area contributed by atoms with E-state index in [0.717, 1.165) is 24.0 Å². The number of hydrogen-bond acceptors (Lipinski definition) is 4. The summed E-state index contributed by atoms with van der Waals surface area (Å²) in [4.78, 5) is 23.2. The summed E-state index contributed by atoms with van der Waals surface area (Å²) in [6.45, 7) is 0. The van der Waals surface area contributed by atoms with Crippen LogP contribution in [0.15, 0.2) is 36.8 Å². The van der Waals surface area contributed by atoms with E-state index >= 15 is 0 Å². The van der Waals surface area contributed by atoms with Crippen LogP contribution in [-0.2, 0) is 0 Å². The van der Waals surface area contributed by atoms with E-state index in [-0.39, 0.29) is 5.91 Å². The monoisotopic (exact) mass is 317 g/mol. The fourth-order valence-corrected chi connectivity index (χ4v) is 2.46. The van der Waals surface area contributed by atoms with Gasteiger partial charge in [0.2, 0.25) is 0 Å². The second-order valence-corrected chi connectivity index (χ2v) is 5.76. The number of carbonyl (C=O) groups excluding carboxylic acids is 1. The van der Waals surface area contributed by atoms with Crippen molar-refractivity contribution in [3.63, 3.8) is 0 Å². The molecule has 1 aliphatic carbocycles. The van der Waals surface area contributed by atoms with E-state index in [1.54, 1.807) is 18.3 Å². The van der Waals surface area contributed by atoms with Gasteiger partial charge in [0.05, 0.1) is 10.9 Å². The average molecular weight is 317 g/mol. The first-order valence-electron chi connectivity index (χ1n) is 7.71. The molecule has 0 radical (unpaired) electrons. The molecule has 0 atom stereocenters. The number of aromatic amines is 1. The van der Waals surface area contributed by atoms with Gasteiger partial charge in [-0.25, -0.2) is 9.97 Å². The fourth-order valence-electron chi connectivity index (χ4n) is 2.46. The first-order valence-corrected chi connectivity index (χ1v) is 7.71. The molecule has 118 valence electrons. The molecule has 2 aromatic heterocycles. The molecule has 0 unspecified atom stereocenters. The van der Waals surface area contributed by atoms with Crippen molar-refractivity contribution in [1.82, 2.24) is 20.3 Å². The smallest absolute Gasteiger partial charge is 0.251 e. The summed E-state index contributed by atoms with van der Waals surface area (Å²) in [5.74, 6) is 6.48.